The van der Waals surface area contributed by atoms with Gasteiger partial charge in [-0.25, -0.2) is 4.79 Å². The highest BCUT2D eigenvalue weighted by molar-refractivity contribution is 5.97. The Bertz CT molecular complexity index is 876. The Labute approximate surface area is 176 Å². The monoisotopic (exact) mass is 444 g/mol. The lowest BCUT2D eigenvalue weighted by molar-refractivity contribution is -0.153. The summed E-state index contributed by atoms with van der Waals surface area (Å²) in [6, 6.07) is 1.97. The summed E-state index contributed by atoms with van der Waals surface area (Å²) in [5.41, 5.74) is -0.329. The van der Waals surface area contributed by atoms with Crippen molar-refractivity contribution in [2.24, 2.45) is 5.92 Å². The standard InChI is InChI=1S/C21H23F3O7/c1-11-6-7-16(26)19(28)15(25)5-3-4-13-8-14(30-10-21(22,23)24)9-17(27)18(13)20(29)31-12(11)2/h3-4,6-9,11-12,15,19,25,27-28H,5,10H2,1-2H3/b4-3+,7-6-/t11-,12?,15?,19+/m1/s1. The molecular weight excluding hydrogens is 421 g/mol. The highest BCUT2D eigenvalue weighted by Crippen LogP contribution is 2.31. The van der Waals surface area contributed by atoms with E-state index in [2.05, 4.69) is 4.74 Å². The van der Waals surface area contributed by atoms with Gasteiger partial charge in [-0.05, 0) is 31.1 Å². The molecule has 0 bridgehead atoms. The Morgan fingerprint density at radius 1 is 1.16 bits per heavy atom. The molecule has 4 atom stereocenters. The number of carbonyl (C=O) groups excluding carboxylic acids is 2. The second-order valence-corrected chi connectivity index (χ2v) is 7.19. The van der Waals surface area contributed by atoms with Crippen LogP contribution in [0.4, 0.5) is 13.2 Å². The summed E-state index contributed by atoms with van der Waals surface area (Å²) in [6.45, 7) is 1.58. The fourth-order valence-corrected chi connectivity index (χ4v) is 2.71. The van der Waals surface area contributed by atoms with E-state index in [9.17, 15) is 38.1 Å². The van der Waals surface area contributed by atoms with Crippen molar-refractivity contribution in [3.63, 3.8) is 0 Å². The van der Waals surface area contributed by atoms with Gasteiger partial charge in [0.05, 0.1) is 6.10 Å². The SMILES string of the molecule is CC1OC(=O)c2c(O)cc(OCC(F)(F)F)cc2/C=C/CC(O)[C@H](O)C(=O)/C=C\[C@H]1C. The molecule has 1 heterocycles. The molecule has 0 saturated carbocycles. The molecule has 0 aliphatic carbocycles. The van der Waals surface area contributed by atoms with Gasteiger partial charge in [-0.15, -0.1) is 0 Å². The third kappa shape index (κ3) is 6.83. The fourth-order valence-electron chi connectivity index (χ4n) is 2.71. The van der Waals surface area contributed by atoms with E-state index in [1.54, 1.807) is 13.8 Å². The van der Waals surface area contributed by atoms with Crippen LogP contribution in [-0.4, -0.2) is 58.2 Å². The number of aromatic hydroxyl groups is 1. The number of alkyl halides is 3. The third-order valence-corrected chi connectivity index (χ3v) is 4.66. The summed E-state index contributed by atoms with van der Waals surface area (Å²) >= 11 is 0. The average Bonchev–Trinajstić information content (AvgIpc) is 2.67. The molecule has 0 radical (unpaired) electrons. The predicted molar refractivity (Wildman–Crippen MR) is 104 cm³/mol. The van der Waals surface area contributed by atoms with Crippen molar-refractivity contribution < 1.29 is 47.6 Å². The molecule has 170 valence electrons. The smallest absolute Gasteiger partial charge is 0.422 e. The van der Waals surface area contributed by atoms with Crippen molar-refractivity contribution in [2.45, 2.75) is 44.8 Å². The number of hydrogen-bond donors (Lipinski definition) is 3. The third-order valence-electron chi connectivity index (χ3n) is 4.66. The van der Waals surface area contributed by atoms with Gasteiger partial charge in [0.25, 0.3) is 0 Å². The van der Waals surface area contributed by atoms with Crippen molar-refractivity contribution in [1.29, 1.82) is 0 Å². The first kappa shape index (κ1) is 24.4. The number of carbonyl (C=O) groups is 2. The van der Waals surface area contributed by atoms with Crippen molar-refractivity contribution >= 4 is 17.8 Å². The normalized spacial score (nSPS) is 27.6. The largest absolute Gasteiger partial charge is 0.507 e. The number of esters is 1. The van der Waals surface area contributed by atoms with Gasteiger partial charge in [0.1, 0.15) is 29.3 Å². The maximum absolute atomic E-state index is 12.6. The Morgan fingerprint density at radius 3 is 2.48 bits per heavy atom. The van der Waals surface area contributed by atoms with E-state index in [1.807, 2.05) is 0 Å². The first-order valence-corrected chi connectivity index (χ1v) is 9.41. The van der Waals surface area contributed by atoms with Crippen LogP contribution in [-0.2, 0) is 9.53 Å². The maximum Gasteiger partial charge on any atom is 0.422 e. The van der Waals surface area contributed by atoms with E-state index in [4.69, 9.17) is 4.74 Å². The molecule has 1 aromatic rings. The summed E-state index contributed by atoms with van der Waals surface area (Å²) in [5, 5.41) is 30.2. The van der Waals surface area contributed by atoms with Crippen LogP contribution in [0.3, 0.4) is 0 Å². The molecule has 3 N–H and O–H groups in total. The molecule has 7 nitrogen and oxygen atoms in total. The second-order valence-electron chi connectivity index (χ2n) is 7.19. The van der Waals surface area contributed by atoms with Crippen molar-refractivity contribution in [2.75, 3.05) is 6.61 Å². The number of ketones is 1. The van der Waals surface area contributed by atoms with E-state index < -0.39 is 54.5 Å². The molecule has 0 aromatic heterocycles. The molecule has 31 heavy (non-hydrogen) atoms. The zero-order valence-electron chi connectivity index (χ0n) is 16.8. The van der Waals surface area contributed by atoms with E-state index >= 15 is 0 Å². The lowest BCUT2D eigenvalue weighted by atomic mass is 9.99. The molecule has 1 aromatic carbocycles. The first-order chi connectivity index (χ1) is 14.4. The molecule has 0 fully saturated rings. The van der Waals surface area contributed by atoms with Crippen LogP contribution in [0.2, 0.25) is 0 Å². The van der Waals surface area contributed by atoms with Gasteiger partial charge in [-0.2, -0.15) is 13.2 Å². The van der Waals surface area contributed by atoms with Crippen molar-refractivity contribution in [1.82, 2.24) is 0 Å². The highest BCUT2D eigenvalue weighted by Gasteiger charge is 2.29. The number of halogens is 3. The molecule has 2 unspecified atom stereocenters. The zero-order valence-corrected chi connectivity index (χ0v) is 16.8. The highest BCUT2D eigenvalue weighted by atomic mass is 19.4. The van der Waals surface area contributed by atoms with Crippen LogP contribution >= 0.6 is 0 Å². The fraction of sp³-hybridized carbons (Fsp3) is 0.429. The number of cyclic esters (lactones) is 1. The number of ether oxygens (including phenoxy) is 2. The molecule has 0 amide bonds. The number of aliphatic hydroxyl groups excluding tert-OH is 2. The molecule has 0 saturated heterocycles. The van der Waals surface area contributed by atoms with Crippen molar-refractivity contribution in [3.8, 4) is 11.5 Å². The van der Waals surface area contributed by atoms with Gasteiger partial charge in [0.15, 0.2) is 12.4 Å². The molecule has 2 rings (SSSR count). The van der Waals surface area contributed by atoms with Crippen molar-refractivity contribution in [3.05, 3.63) is 41.5 Å². The zero-order chi connectivity index (χ0) is 23.3. The molecule has 10 heteroatoms. The lowest BCUT2D eigenvalue weighted by Gasteiger charge is -2.20. The van der Waals surface area contributed by atoms with E-state index in [0.29, 0.717) is 0 Å². The number of aliphatic hydroxyl groups is 2. The topological polar surface area (TPSA) is 113 Å². The predicted octanol–water partition coefficient (Wildman–Crippen LogP) is 2.78. The summed E-state index contributed by atoms with van der Waals surface area (Å²) in [5.74, 6) is -3.12. The van der Waals surface area contributed by atoms with Gasteiger partial charge in [-0.1, -0.05) is 25.2 Å². The maximum atomic E-state index is 12.6. The minimum atomic E-state index is -4.61. The number of hydrogen-bond acceptors (Lipinski definition) is 7. The Hall–Kier alpha value is -2.85. The second kappa shape index (κ2) is 9.97. The van der Waals surface area contributed by atoms with Gasteiger partial charge in [-0.3, -0.25) is 4.79 Å². The van der Waals surface area contributed by atoms with Gasteiger partial charge in [0.2, 0.25) is 0 Å². The van der Waals surface area contributed by atoms with E-state index in [0.717, 1.165) is 18.2 Å². The summed E-state index contributed by atoms with van der Waals surface area (Å²) in [6.07, 6.45) is -3.69. The first-order valence-electron chi connectivity index (χ1n) is 9.41. The van der Waals surface area contributed by atoms with Crippen LogP contribution < -0.4 is 4.74 Å². The number of phenolic OH excluding ortho intramolecular Hbond substituents is 1. The Balaban J connectivity index is 2.47. The van der Waals surface area contributed by atoms with Crippen LogP contribution in [0, 0.1) is 5.92 Å². The van der Waals surface area contributed by atoms with Gasteiger partial charge < -0.3 is 24.8 Å². The summed E-state index contributed by atoms with van der Waals surface area (Å²) in [7, 11) is 0. The summed E-state index contributed by atoms with van der Waals surface area (Å²) < 4.78 is 47.3. The van der Waals surface area contributed by atoms with Crippen LogP contribution in [0.15, 0.2) is 30.4 Å². The van der Waals surface area contributed by atoms with Gasteiger partial charge >= 0.3 is 12.1 Å². The Morgan fingerprint density at radius 2 is 1.84 bits per heavy atom. The lowest BCUT2D eigenvalue weighted by Crippen LogP contribution is -2.32. The molecular formula is C21H23F3O7. The van der Waals surface area contributed by atoms with Crippen LogP contribution in [0.5, 0.6) is 11.5 Å². The molecule has 0 spiro atoms. The minimum absolute atomic E-state index is 0.0253. The minimum Gasteiger partial charge on any atom is -0.507 e. The van der Waals surface area contributed by atoms with Gasteiger partial charge in [0, 0.05) is 12.0 Å². The van der Waals surface area contributed by atoms with Crippen LogP contribution in [0.1, 0.15) is 36.2 Å². The molecule has 1 aliphatic heterocycles. The Kier molecular flexibility index (Phi) is 7.85. The number of rotatable bonds is 2. The number of fused-ring (bicyclic) bond motifs is 1. The number of phenols is 1. The van der Waals surface area contributed by atoms with E-state index in [-0.39, 0.29) is 23.3 Å². The molecule has 1 aliphatic rings. The quantitative estimate of drug-likeness (QED) is 0.601. The van der Waals surface area contributed by atoms with E-state index in [1.165, 1.54) is 18.2 Å². The average molecular weight is 444 g/mol. The van der Waals surface area contributed by atoms with Crippen LogP contribution in [0.25, 0.3) is 6.08 Å². The summed E-state index contributed by atoms with van der Waals surface area (Å²) in [4.78, 5) is 24.6. The number of benzene rings is 1.